The van der Waals surface area contributed by atoms with E-state index < -0.39 is 6.10 Å². The molecule has 81 heavy (non-hydrogen) atoms. The van der Waals surface area contributed by atoms with E-state index >= 15 is 0 Å². The van der Waals surface area contributed by atoms with Crippen LogP contribution in [0.15, 0.2) is 36.5 Å². The van der Waals surface area contributed by atoms with Crippen molar-refractivity contribution >= 4 is 17.9 Å². The van der Waals surface area contributed by atoms with E-state index in [1.807, 2.05) is 0 Å². The Kier molecular flexibility index (Phi) is 68.1. The molecule has 0 N–H and O–H groups in total. The molecule has 476 valence electrons. The molecule has 0 spiro atoms. The molecule has 0 bridgehead atoms. The van der Waals surface area contributed by atoms with Gasteiger partial charge in [0.15, 0.2) is 6.10 Å². The van der Waals surface area contributed by atoms with E-state index in [4.69, 9.17) is 14.2 Å². The Labute approximate surface area is 506 Å². The Morgan fingerprint density at radius 1 is 0.235 bits per heavy atom. The van der Waals surface area contributed by atoms with Crippen LogP contribution < -0.4 is 0 Å². The zero-order chi connectivity index (χ0) is 58.5. The maximum atomic E-state index is 13.0. The lowest BCUT2D eigenvalue weighted by molar-refractivity contribution is -0.167. The summed E-state index contributed by atoms with van der Waals surface area (Å²) < 4.78 is 17.0. The monoisotopic (exact) mass is 1140 g/mol. The van der Waals surface area contributed by atoms with Crippen LogP contribution in [0.25, 0.3) is 0 Å². The molecule has 0 heterocycles. The van der Waals surface area contributed by atoms with E-state index in [1.54, 1.807) is 0 Å². The van der Waals surface area contributed by atoms with Gasteiger partial charge in [0.25, 0.3) is 0 Å². The fourth-order valence-electron chi connectivity index (χ4n) is 11.1. The van der Waals surface area contributed by atoms with E-state index in [9.17, 15) is 14.4 Å². The van der Waals surface area contributed by atoms with Gasteiger partial charge in [0.2, 0.25) is 0 Å². The van der Waals surface area contributed by atoms with Gasteiger partial charge in [-0.15, -0.1) is 0 Å². The van der Waals surface area contributed by atoms with Gasteiger partial charge in [-0.3, -0.25) is 14.4 Å². The highest BCUT2D eigenvalue weighted by Gasteiger charge is 2.19. The summed E-state index contributed by atoms with van der Waals surface area (Å²) in [7, 11) is 0. The van der Waals surface area contributed by atoms with Crippen molar-refractivity contribution in [3.8, 4) is 0 Å². The molecular weight excluding hydrogens is 997 g/mol. The quantitative estimate of drug-likeness (QED) is 0.0261. The lowest BCUT2D eigenvalue weighted by Gasteiger charge is -2.18. The number of carbonyl (C=O) groups is 3. The average Bonchev–Trinajstić information content (AvgIpc) is 3.47. The number of rotatable bonds is 68. The van der Waals surface area contributed by atoms with Gasteiger partial charge in [0.05, 0.1) is 0 Å². The maximum absolute atomic E-state index is 13.0. The van der Waals surface area contributed by atoms with Gasteiger partial charge in [-0.1, -0.05) is 327 Å². The number of allylic oxidation sites excluding steroid dienone is 6. The number of hydrogen-bond acceptors (Lipinski definition) is 6. The van der Waals surface area contributed by atoms with Crippen molar-refractivity contribution in [1.82, 2.24) is 0 Å². The summed E-state index contributed by atoms with van der Waals surface area (Å²) in [6.07, 6.45) is 87.4. The molecule has 0 saturated carbocycles. The first-order valence-electron chi connectivity index (χ1n) is 36.5. The van der Waals surface area contributed by atoms with Crippen LogP contribution in [0, 0.1) is 0 Å². The van der Waals surface area contributed by atoms with Crippen molar-refractivity contribution in [3.63, 3.8) is 0 Å². The topological polar surface area (TPSA) is 78.9 Å². The molecule has 0 amide bonds. The number of hydrogen-bond donors (Lipinski definition) is 0. The van der Waals surface area contributed by atoms with Crippen molar-refractivity contribution in [2.45, 2.75) is 412 Å². The molecule has 0 aliphatic rings. The predicted molar refractivity (Wildman–Crippen MR) is 353 cm³/mol. The molecule has 0 rings (SSSR count). The summed E-state index contributed by atoms with van der Waals surface area (Å²) in [5.74, 6) is -0.846. The van der Waals surface area contributed by atoms with Crippen molar-refractivity contribution in [1.29, 1.82) is 0 Å². The maximum Gasteiger partial charge on any atom is 0.306 e. The molecule has 1 atom stereocenters. The minimum Gasteiger partial charge on any atom is -0.462 e. The zero-order valence-corrected chi connectivity index (χ0v) is 54.8. The molecule has 0 aromatic rings. The Bertz CT molecular complexity index is 1350. The van der Waals surface area contributed by atoms with E-state index in [1.165, 1.54) is 308 Å². The molecule has 1 unspecified atom stereocenters. The molecule has 0 fully saturated rings. The molecule has 0 aromatic carbocycles. The Hall–Kier alpha value is -2.37. The number of esters is 3. The smallest absolute Gasteiger partial charge is 0.306 e. The van der Waals surface area contributed by atoms with Gasteiger partial charge >= 0.3 is 17.9 Å². The van der Waals surface area contributed by atoms with Crippen molar-refractivity contribution in [2.75, 3.05) is 13.2 Å². The number of ether oxygens (including phenoxy) is 3. The normalized spacial score (nSPS) is 12.2. The molecular formula is C75H140O6. The molecule has 0 saturated heterocycles. The van der Waals surface area contributed by atoms with Gasteiger partial charge in [-0.2, -0.15) is 0 Å². The highest BCUT2D eigenvalue weighted by atomic mass is 16.6. The molecule has 0 aromatic heterocycles. The first-order chi connectivity index (χ1) is 40.0. The van der Waals surface area contributed by atoms with Crippen LogP contribution in [0.3, 0.4) is 0 Å². The largest absolute Gasteiger partial charge is 0.462 e. The van der Waals surface area contributed by atoms with Gasteiger partial charge < -0.3 is 14.2 Å². The third-order valence-electron chi connectivity index (χ3n) is 16.6. The van der Waals surface area contributed by atoms with Crippen LogP contribution in [0.5, 0.6) is 0 Å². The first kappa shape index (κ1) is 78.6. The second kappa shape index (κ2) is 70.1. The summed E-state index contributed by atoms with van der Waals surface area (Å²) in [5.41, 5.74) is 0. The van der Waals surface area contributed by atoms with Gasteiger partial charge in [0, 0.05) is 19.3 Å². The highest BCUT2D eigenvalue weighted by Crippen LogP contribution is 2.18. The van der Waals surface area contributed by atoms with Crippen molar-refractivity contribution in [3.05, 3.63) is 36.5 Å². The van der Waals surface area contributed by atoms with Crippen molar-refractivity contribution in [2.24, 2.45) is 0 Å². The van der Waals surface area contributed by atoms with Crippen LogP contribution in [-0.4, -0.2) is 37.2 Å². The average molecular weight is 1140 g/mol. The number of unbranched alkanes of at least 4 members (excludes halogenated alkanes) is 51. The van der Waals surface area contributed by atoms with Crippen LogP contribution in [-0.2, 0) is 28.6 Å². The molecule has 0 aliphatic heterocycles. The van der Waals surface area contributed by atoms with E-state index in [0.717, 1.165) is 57.8 Å². The predicted octanol–water partition coefficient (Wildman–Crippen LogP) is 25.1. The second-order valence-electron chi connectivity index (χ2n) is 24.8. The molecule has 0 radical (unpaired) electrons. The fourth-order valence-corrected chi connectivity index (χ4v) is 11.1. The minimum atomic E-state index is -0.775. The SMILES string of the molecule is CCCCCCCC/C=C\CCCCCCCCCC(=O)OCC(COC(=O)CCCCCCCCCCCCC/C=C\CCCCCCCCCC)OC(=O)CCCCCCCCCCCCC/C=C\CCCCCCCCCC. The summed E-state index contributed by atoms with van der Waals surface area (Å²) in [6.45, 7) is 6.71. The number of carbonyl (C=O) groups excluding carboxylic acids is 3. The van der Waals surface area contributed by atoms with E-state index in [-0.39, 0.29) is 31.1 Å². The summed E-state index contributed by atoms with van der Waals surface area (Å²) >= 11 is 0. The Morgan fingerprint density at radius 2 is 0.407 bits per heavy atom. The lowest BCUT2D eigenvalue weighted by Crippen LogP contribution is -2.30. The van der Waals surface area contributed by atoms with Crippen LogP contribution in [0.1, 0.15) is 406 Å². The summed E-state index contributed by atoms with van der Waals surface area (Å²) in [5, 5.41) is 0. The van der Waals surface area contributed by atoms with Crippen LogP contribution in [0.4, 0.5) is 0 Å². The standard InChI is InChI=1S/C75H140O6/c1-4-7-10-13-16-19-22-25-28-31-33-35-37-39-41-44-47-50-53-56-59-62-65-68-74(77)80-71-72(70-79-73(76)67-64-61-58-55-52-49-46-43-30-27-24-21-18-15-12-9-6-3)81-75(78)69-66-63-60-57-54-51-48-45-42-40-38-36-34-32-29-26-23-20-17-14-11-8-5-2/h27,30-34,72H,4-26,28-29,35-71H2,1-3H3/b30-27-,33-31-,34-32-. The van der Waals surface area contributed by atoms with Gasteiger partial charge in [-0.05, 0) is 96.3 Å². The lowest BCUT2D eigenvalue weighted by atomic mass is 10.0. The zero-order valence-electron chi connectivity index (χ0n) is 54.8. The third kappa shape index (κ3) is 68.3. The highest BCUT2D eigenvalue weighted by molar-refractivity contribution is 5.71. The van der Waals surface area contributed by atoms with Gasteiger partial charge in [0.1, 0.15) is 13.2 Å². The third-order valence-corrected chi connectivity index (χ3v) is 16.6. The van der Waals surface area contributed by atoms with Crippen LogP contribution >= 0.6 is 0 Å². The first-order valence-corrected chi connectivity index (χ1v) is 36.5. The van der Waals surface area contributed by atoms with E-state index in [0.29, 0.717) is 19.3 Å². The molecule has 6 nitrogen and oxygen atoms in total. The molecule has 6 heteroatoms. The fraction of sp³-hybridized carbons (Fsp3) is 0.880. The van der Waals surface area contributed by atoms with Crippen LogP contribution in [0.2, 0.25) is 0 Å². The van der Waals surface area contributed by atoms with Gasteiger partial charge in [-0.25, -0.2) is 0 Å². The Morgan fingerprint density at radius 3 is 0.617 bits per heavy atom. The summed E-state index contributed by atoms with van der Waals surface area (Å²) in [4.78, 5) is 38.5. The molecule has 0 aliphatic carbocycles. The second-order valence-corrected chi connectivity index (χ2v) is 24.8. The summed E-state index contributed by atoms with van der Waals surface area (Å²) in [6, 6.07) is 0. The minimum absolute atomic E-state index is 0.0702. The van der Waals surface area contributed by atoms with Crippen molar-refractivity contribution < 1.29 is 28.6 Å². The van der Waals surface area contributed by atoms with E-state index in [2.05, 4.69) is 57.2 Å². The Balaban J connectivity index is 4.30.